The highest BCUT2D eigenvalue weighted by Crippen LogP contribution is 2.40. The quantitative estimate of drug-likeness (QED) is 0.687. The van der Waals surface area contributed by atoms with E-state index in [1.54, 1.807) is 12.1 Å². The van der Waals surface area contributed by atoms with Crippen LogP contribution in [0.1, 0.15) is 12.5 Å². The number of hydrogen-bond donors (Lipinski definition) is 0. The largest absolute Gasteiger partial charge is 0.291 e. The van der Waals surface area contributed by atoms with Crippen LogP contribution in [-0.4, -0.2) is 30.2 Å². The smallest absolute Gasteiger partial charge is 0.282 e. The van der Waals surface area contributed by atoms with Crippen LogP contribution in [0, 0.1) is 6.92 Å². The number of sulfonamides is 1. The molecule has 1 aliphatic carbocycles. The highest BCUT2D eigenvalue weighted by Gasteiger charge is 2.49. The molecule has 0 amide bonds. The van der Waals surface area contributed by atoms with Crippen LogP contribution in [0.15, 0.2) is 43.6 Å². The average molecular weight is 415 g/mol. The van der Waals surface area contributed by atoms with Crippen LogP contribution >= 0.6 is 46.4 Å². The molecule has 23 heavy (non-hydrogen) atoms. The molecule has 0 aromatic heterocycles. The van der Waals surface area contributed by atoms with E-state index in [9.17, 15) is 13.2 Å². The van der Waals surface area contributed by atoms with E-state index in [0.29, 0.717) is 0 Å². The van der Waals surface area contributed by atoms with E-state index in [-0.39, 0.29) is 20.7 Å². The molecule has 1 aliphatic rings. The molecule has 0 saturated heterocycles. The first-order valence-electron chi connectivity index (χ1n) is 6.33. The zero-order valence-corrected chi connectivity index (χ0v) is 15.8. The number of benzene rings is 1. The van der Waals surface area contributed by atoms with E-state index in [0.717, 1.165) is 5.56 Å². The highest BCUT2D eigenvalue weighted by atomic mass is 35.5. The van der Waals surface area contributed by atoms with Crippen molar-refractivity contribution in [2.45, 2.75) is 29.0 Å². The van der Waals surface area contributed by atoms with E-state index < -0.39 is 26.1 Å². The number of alkyl halides is 2. The maximum Gasteiger partial charge on any atom is 0.282 e. The Labute approximate surface area is 154 Å². The Morgan fingerprint density at radius 1 is 1.13 bits per heavy atom. The zero-order chi connectivity index (χ0) is 17.6. The maximum absolute atomic E-state index is 12.4. The van der Waals surface area contributed by atoms with Crippen LogP contribution in [0.4, 0.5) is 0 Å². The first kappa shape index (κ1) is 18.7. The second kappa shape index (κ2) is 6.37. The molecule has 9 heteroatoms. The van der Waals surface area contributed by atoms with Crippen LogP contribution in [0.2, 0.25) is 0 Å². The van der Waals surface area contributed by atoms with Gasteiger partial charge in [0.05, 0.1) is 15.6 Å². The summed E-state index contributed by atoms with van der Waals surface area (Å²) in [4.78, 5) is 10.3. The Morgan fingerprint density at radius 3 is 2.17 bits per heavy atom. The van der Waals surface area contributed by atoms with Crippen molar-refractivity contribution in [1.82, 2.24) is 0 Å². The van der Waals surface area contributed by atoms with Crippen LogP contribution in [0.3, 0.4) is 0 Å². The molecular formula is C14H11Cl4NO3S. The van der Waals surface area contributed by atoms with E-state index in [1.807, 2.05) is 6.92 Å². The van der Waals surface area contributed by atoms with E-state index in [2.05, 4.69) is 4.40 Å². The van der Waals surface area contributed by atoms with Crippen molar-refractivity contribution >= 4 is 67.9 Å². The van der Waals surface area contributed by atoms with Crippen LogP contribution in [-0.2, 0) is 14.8 Å². The molecule has 0 radical (unpaired) electrons. The third-order valence-electron chi connectivity index (χ3n) is 3.31. The summed E-state index contributed by atoms with van der Waals surface area (Å²) in [6.07, 6.45) is 0. The predicted molar refractivity (Wildman–Crippen MR) is 93.4 cm³/mol. The van der Waals surface area contributed by atoms with Gasteiger partial charge in [0.25, 0.3) is 10.0 Å². The molecule has 124 valence electrons. The number of rotatable bonds is 2. The summed E-state index contributed by atoms with van der Waals surface area (Å²) in [5.74, 6) is -0.683. The lowest BCUT2D eigenvalue weighted by atomic mass is 9.91. The second-order valence-electron chi connectivity index (χ2n) is 5.16. The summed E-state index contributed by atoms with van der Waals surface area (Å²) in [5.41, 5.74) is 0.639. The standard InChI is InChI=1S/C14H11Cl4NO3S/c1-7-3-5-8(6-4-7)23(21,22)19-11-9(15)10(16)13(20)14(2,18)12(11)17/h3-6,12H,1-2H3/b19-11-. The van der Waals surface area contributed by atoms with Crippen LogP contribution in [0.25, 0.3) is 0 Å². The SMILES string of the molecule is Cc1ccc(S(=O)(=O)/N=C2/C(Cl)=C(Cl)C(=O)C(C)(Cl)C2Cl)cc1. The first-order valence-corrected chi connectivity index (χ1v) is 9.34. The van der Waals surface area contributed by atoms with Crippen molar-refractivity contribution in [3.8, 4) is 0 Å². The van der Waals surface area contributed by atoms with Crippen LogP contribution in [0.5, 0.6) is 0 Å². The number of ketones is 1. The molecule has 0 fully saturated rings. The van der Waals surface area contributed by atoms with Gasteiger partial charge in [-0.25, -0.2) is 0 Å². The van der Waals surface area contributed by atoms with Gasteiger partial charge in [0.2, 0.25) is 0 Å². The Balaban J connectivity index is 2.61. The summed E-state index contributed by atoms with van der Waals surface area (Å²) >= 11 is 24.0. The van der Waals surface area contributed by atoms with Crippen molar-refractivity contribution in [3.05, 3.63) is 39.9 Å². The van der Waals surface area contributed by atoms with Crippen molar-refractivity contribution < 1.29 is 13.2 Å². The molecule has 1 aromatic carbocycles. The lowest BCUT2D eigenvalue weighted by Gasteiger charge is -2.31. The molecule has 0 bridgehead atoms. The Bertz CT molecular complexity index is 826. The molecule has 0 saturated carbocycles. The first-order chi connectivity index (χ1) is 10.5. The Hall–Kier alpha value is -0.590. The minimum atomic E-state index is -4.08. The summed E-state index contributed by atoms with van der Waals surface area (Å²) in [6, 6.07) is 6.08. The Morgan fingerprint density at radius 2 is 1.65 bits per heavy atom. The van der Waals surface area contributed by atoms with Crippen molar-refractivity contribution in [2.24, 2.45) is 4.40 Å². The van der Waals surface area contributed by atoms with Gasteiger partial charge >= 0.3 is 0 Å². The number of aryl methyl sites for hydroxylation is 1. The average Bonchev–Trinajstić information content (AvgIpc) is 2.49. The normalized spacial score (nSPS) is 27.7. The van der Waals surface area contributed by atoms with Crippen molar-refractivity contribution in [3.63, 3.8) is 0 Å². The molecule has 2 rings (SSSR count). The summed E-state index contributed by atoms with van der Waals surface area (Å²) in [6.45, 7) is 3.15. The second-order valence-corrected chi connectivity index (χ2v) is 8.74. The summed E-state index contributed by atoms with van der Waals surface area (Å²) in [5, 5.41) is -1.95. The minimum Gasteiger partial charge on any atom is -0.291 e. The van der Waals surface area contributed by atoms with Gasteiger partial charge in [0, 0.05) is 0 Å². The van der Waals surface area contributed by atoms with Gasteiger partial charge in [-0.1, -0.05) is 40.9 Å². The fourth-order valence-corrected chi connectivity index (χ4v) is 4.13. The molecule has 0 heterocycles. The number of Topliss-reactive ketones (excluding diaryl/α,β-unsaturated/α-hetero) is 1. The van der Waals surface area contributed by atoms with Crippen molar-refractivity contribution in [2.75, 3.05) is 0 Å². The highest BCUT2D eigenvalue weighted by molar-refractivity contribution is 7.90. The Kier molecular flexibility index (Phi) is 5.19. The lowest BCUT2D eigenvalue weighted by Crippen LogP contribution is -2.47. The van der Waals surface area contributed by atoms with Crippen molar-refractivity contribution in [1.29, 1.82) is 0 Å². The number of hydrogen-bond acceptors (Lipinski definition) is 3. The molecule has 0 aliphatic heterocycles. The molecule has 2 unspecified atom stereocenters. The van der Waals surface area contributed by atoms with Gasteiger partial charge in [0.1, 0.15) is 15.3 Å². The van der Waals surface area contributed by atoms with Crippen LogP contribution < -0.4 is 0 Å². The zero-order valence-electron chi connectivity index (χ0n) is 12.0. The minimum absolute atomic E-state index is 0.0340. The van der Waals surface area contributed by atoms with Gasteiger partial charge in [0.15, 0.2) is 5.78 Å². The fraction of sp³-hybridized carbons (Fsp3) is 0.286. The molecular weight excluding hydrogens is 404 g/mol. The number of carbonyl (C=O) groups excluding carboxylic acids is 1. The molecule has 0 spiro atoms. The number of halogens is 4. The van der Waals surface area contributed by atoms with E-state index in [1.165, 1.54) is 19.1 Å². The monoisotopic (exact) mass is 413 g/mol. The molecule has 1 aromatic rings. The lowest BCUT2D eigenvalue weighted by molar-refractivity contribution is -0.117. The third kappa shape index (κ3) is 3.44. The summed E-state index contributed by atoms with van der Waals surface area (Å²) < 4.78 is 28.5. The fourth-order valence-electron chi connectivity index (χ4n) is 1.89. The molecule has 2 atom stereocenters. The summed E-state index contributed by atoms with van der Waals surface area (Å²) in [7, 11) is -4.08. The predicted octanol–water partition coefficient (Wildman–Crippen LogP) is 4.00. The number of carbonyl (C=O) groups is 1. The van der Waals surface area contributed by atoms with Gasteiger partial charge in [-0.3, -0.25) is 4.79 Å². The van der Waals surface area contributed by atoms with Gasteiger partial charge < -0.3 is 0 Å². The molecule has 0 N–H and O–H groups in total. The number of nitrogens with zero attached hydrogens (tertiary/aromatic N) is 1. The van der Waals surface area contributed by atoms with Gasteiger partial charge in [-0.05, 0) is 26.0 Å². The van der Waals surface area contributed by atoms with E-state index >= 15 is 0 Å². The number of allylic oxidation sites excluding steroid dienone is 2. The third-order valence-corrected chi connectivity index (χ3v) is 6.60. The topological polar surface area (TPSA) is 63.6 Å². The van der Waals surface area contributed by atoms with Gasteiger partial charge in [-0.15, -0.1) is 23.2 Å². The van der Waals surface area contributed by atoms with Gasteiger partial charge in [-0.2, -0.15) is 12.8 Å². The molecule has 4 nitrogen and oxygen atoms in total. The van der Waals surface area contributed by atoms with E-state index in [4.69, 9.17) is 46.4 Å². The maximum atomic E-state index is 12.4.